The average molecular weight is 390 g/mol. The van der Waals surface area contributed by atoms with Crippen molar-refractivity contribution in [3.8, 4) is 0 Å². The minimum Gasteiger partial charge on any atom is -0.459 e. The quantitative estimate of drug-likeness (QED) is 0.683. The Morgan fingerprint density at radius 3 is 2.59 bits per heavy atom. The van der Waals surface area contributed by atoms with Crippen molar-refractivity contribution in [2.45, 2.75) is 19.3 Å². The highest BCUT2D eigenvalue weighted by molar-refractivity contribution is 6.07. The van der Waals surface area contributed by atoms with Crippen molar-refractivity contribution in [3.63, 3.8) is 0 Å². The second-order valence-corrected chi connectivity index (χ2v) is 6.89. The van der Waals surface area contributed by atoms with Gasteiger partial charge in [0.15, 0.2) is 11.6 Å². The molecule has 1 fully saturated rings. The fourth-order valence-electron chi connectivity index (χ4n) is 3.39. The molecule has 1 aliphatic heterocycles. The number of rotatable bonds is 5. The summed E-state index contributed by atoms with van der Waals surface area (Å²) in [5.74, 6) is 0.377. The number of nitrogens with zero attached hydrogens (tertiary/aromatic N) is 2. The van der Waals surface area contributed by atoms with Crippen molar-refractivity contribution in [1.29, 1.82) is 0 Å². The van der Waals surface area contributed by atoms with E-state index >= 15 is 0 Å². The van der Waals surface area contributed by atoms with E-state index in [9.17, 15) is 9.59 Å². The Bertz CT molecular complexity index is 995. The van der Waals surface area contributed by atoms with Crippen LogP contribution in [-0.2, 0) is 0 Å². The van der Waals surface area contributed by atoms with Crippen LogP contribution in [0.2, 0.25) is 0 Å². The summed E-state index contributed by atoms with van der Waals surface area (Å²) in [4.78, 5) is 31.7. The number of hydrogen-bond acceptors (Lipinski definition) is 5. The van der Waals surface area contributed by atoms with Crippen LogP contribution in [0.4, 0.5) is 17.2 Å². The fourth-order valence-corrected chi connectivity index (χ4v) is 3.39. The Kier molecular flexibility index (Phi) is 5.56. The van der Waals surface area contributed by atoms with Gasteiger partial charge in [-0.05, 0) is 61.7 Å². The van der Waals surface area contributed by atoms with Crippen molar-refractivity contribution in [3.05, 3.63) is 72.3 Å². The molecule has 0 atom stereocenters. The highest BCUT2D eigenvalue weighted by atomic mass is 16.3. The Hall–Kier alpha value is -3.61. The van der Waals surface area contributed by atoms with Crippen molar-refractivity contribution in [2.24, 2.45) is 0 Å². The number of anilines is 3. The molecule has 148 valence electrons. The molecule has 29 heavy (non-hydrogen) atoms. The Morgan fingerprint density at radius 1 is 0.931 bits per heavy atom. The second kappa shape index (κ2) is 8.60. The summed E-state index contributed by atoms with van der Waals surface area (Å²) in [7, 11) is 0. The molecule has 0 aliphatic carbocycles. The van der Waals surface area contributed by atoms with E-state index in [1.165, 1.54) is 12.7 Å². The molecule has 1 aromatic carbocycles. The number of carbonyl (C=O) groups is 2. The van der Waals surface area contributed by atoms with Crippen LogP contribution in [0.3, 0.4) is 0 Å². The number of hydrogen-bond donors (Lipinski definition) is 2. The van der Waals surface area contributed by atoms with Gasteiger partial charge in [-0.15, -0.1) is 0 Å². The molecule has 0 saturated carbocycles. The highest BCUT2D eigenvalue weighted by Crippen LogP contribution is 2.26. The van der Waals surface area contributed by atoms with Gasteiger partial charge in [-0.25, -0.2) is 4.98 Å². The summed E-state index contributed by atoms with van der Waals surface area (Å²) in [5.41, 5.74) is 1.64. The van der Waals surface area contributed by atoms with Crippen LogP contribution in [-0.4, -0.2) is 29.9 Å². The van der Waals surface area contributed by atoms with Gasteiger partial charge in [0, 0.05) is 30.5 Å². The molecule has 1 aliphatic rings. The summed E-state index contributed by atoms with van der Waals surface area (Å²) in [6, 6.07) is 13.7. The Balaban J connectivity index is 1.49. The van der Waals surface area contributed by atoms with Gasteiger partial charge in [-0.1, -0.05) is 6.07 Å². The molecule has 2 amide bonds. The number of nitrogens with one attached hydrogen (secondary N) is 2. The van der Waals surface area contributed by atoms with Gasteiger partial charge in [0.25, 0.3) is 11.8 Å². The van der Waals surface area contributed by atoms with Crippen molar-refractivity contribution in [2.75, 3.05) is 28.6 Å². The summed E-state index contributed by atoms with van der Waals surface area (Å²) < 4.78 is 5.09. The number of aromatic nitrogens is 1. The molecule has 2 aromatic heterocycles. The molecule has 0 radical (unpaired) electrons. The maximum Gasteiger partial charge on any atom is 0.291 e. The van der Waals surface area contributed by atoms with Crippen molar-refractivity contribution < 1.29 is 14.0 Å². The normalized spacial score (nSPS) is 13.7. The minimum absolute atomic E-state index is 0.210. The van der Waals surface area contributed by atoms with Crippen molar-refractivity contribution >= 4 is 29.0 Å². The van der Waals surface area contributed by atoms with Gasteiger partial charge in [-0.2, -0.15) is 0 Å². The molecule has 2 N–H and O–H groups in total. The van der Waals surface area contributed by atoms with E-state index in [1.54, 1.807) is 42.6 Å². The van der Waals surface area contributed by atoms with Gasteiger partial charge in [-0.3, -0.25) is 9.59 Å². The molecular weight excluding hydrogens is 368 g/mol. The Labute approximate surface area is 168 Å². The van der Waals surface area contributed by atoms with Crippen LogP contribution in [0.25, 0.3) is 0 Å². The van der Waals surface area contributed by atoms with Crippen LogP contribution < -0.4 is 15.5 Å². The molecule has 0 spiro atoms. The average Bonchev–Trinajstić information content (AvgIpc) is 3.30. The van der Waals surface area contributed by atoms with E-state index in [0.717, 1.165) is 31.7 Å². The first-order chi connectivity index (χ1) is 14.2. The summed E-state index contributed by atoms with van der Waals surface area (Å²) in [6.45, 7) is 1.88. The fraction of sp³-hybridized carbons (Fsp3) is 0.227. The topological polar surface area (TPSA) is 87.5 Å². The third-order valence-electron chi connectivity index (χ3n) is 4.82. The standard InChI is InChI=1S/C22H22N4O3/c27-21(25-18-9-5-11-23-20(18)26-12-2-1-3-13-26)16-7-4-8-17(15-16)24-22(28)19-10-6-14-29-19/h4-11,14-15H,1-3,12-13H2,(H,24,28)(H,25,27). The molecule has 3 heterocycles. The lowest BCUT2D eigenvalue weighted by molar-refractivity contribution is 0.0993. The summed E-state index contributed by atoms with van der Waals surface area (Å²) in [6.07, 6.45) is 6.65. The zero-order valence-corrected chi connectivity index (χ0v) is 15.9. The largest absolute Gasteiger partial charge is 0.459 e. The third kappa shape index (κ3) is 4.45. The van der Waals surface area contributed by atoms with E-state index in [-0.39, 0.29) is 17.6 Å². The molecular formula is C22H22N4O3. The molecule has 0 bridgehead atoms. The van der Waals surface area contributed by atoms with Crippen LogP contribution in [0.15, 0.2) is 65.4 Å². The van der Waals surface area contributed by atoms with Crippen molar-refractivity contribution in [1.82, 2.24) is 4.98 Å². The maximum atomic E-state index is 12.8. The van der Waals surface area contributed by atoms with Crippen LogP contribution >= 0.6 is 0 Å². The number of carbonyl (C=O) groups excluding carboxylic acids is 2. The summed E-state index contributed by atoms with van der Waals surface area (Å²) in [5, 5.41) is 5.69. The maximum absolute atomic E-state index is 12.8. The zero-order valence-electron chi connectivity index (χ0n) is 15.9. The number of piperidine rings is 1. The highest BCUT2D eigenvalue weighted by Gasteiger charge is 2.18. The molecule has 1 saturated heterocycles. The van der Waals surface area contributed by atoms with Gasteiger partial charge in [0.2, 0.25) is 0 Å². The number of pyridine rings is 1. The number of amides is 2. The SMILES string of the molecule is O=C(Nc1cccnc1N1CCCCC1)c1cccc(NC(=O)c2ccco2)c1. The molecule has 4 rings (SSSR count). The molecule has 7 heteroatoms. The van der Waals surface area contributed by atoms with Crippen LogP contribution in [0, 0.1) is 0 Å². The first-order valence-electron chi connectivity index (χ1n) is 9.67. The Morgan fingerprint density at radius 2 is 1.79 bits per heavy atom. The minimum atomic E-state index is -0.368. The predicted molar refractivity (Wildman–Crippen MR) is 111 cm³/mol. The monoisotopic (exact) mass is 390 g/mol. The van der Waals surface area contributed by atoms with Gasteiger partial charge >= 0.3 is 0 Å². The smallest absolute Gasteiger partial charge is 0.291 e. The molecule has 0 unspecified atom stereocenters. The third-order valence-corrected chi connectivity index (χ3v) is 4.82. The van der Waals surface area contributed by atoms with E-state index in [4.69, 9.17) is 4.42 Å². The first-order valence-corrected chi connectivity index (χ1v) is 9.67. The number of benzene rings is 1. The van der Waals surface area contributed by atoms with E-state index in [1.807, 2.05) is 12.1 Å². The van der Waals surface area contributed by atoms with Crippen LogP contribution in [0.1, 0.15) is 40.2 Å². The lowest BCUT2D eigenvalue weighted by Gasteiger charge is -2.29. The molecule has 7 nitrogen and oxygen atoms in total. The zero-order chi connectivity index (χ0) is 20.1. The van der Waals surface area contributed by atoms with E-state index in [0.29, 0.717) is 16.9 Å². The first kappa shape index (κ1) is 18.7. The van der Waals surface area contributed by atoms with Gasteiger partial charge in [0.05, 0.1) is 12.0 Å². The second-order valence-electron chi connectivity index (χ2n) is 6.89. The van der Waals surface area contributed by atoms with Gasteiger partial charge < -0.3 is 20.0 Å². The van der Waals surface area contributed by atoms with E-state index < -0.39 is 0 Å². The molecule has 3 aromatic rings. The lowest BCUT2D eigenvalue weighted by atomic mass is 10.1. The lowest BCUT2D eigenvalue weighted by Crippen LogP contribution is -2.31. The number of furan rings is 1. The van der Waals surface area contributed by atoms with E-state index in [2.05, 4.69) is 20.5 Å². The summed E-state index contributed by atoms with van der Waals surface area (Å²) >= 11 is 0. The predicted octanol–water partition coefficient (Wildman–Crippen LogP) is 4.17. The van der Waals surface area contributed by atoms with Crippen LogP contribution in [0.5, 0.6) is 0 Å². The van der Waals surface area contributed by atoms with Gasteiger partial charge in [0.1, 0.15) is 0 Å².